The van der Waals surface area contributed by atoms with Crippen LogP contribution in [0.2, 0.25) is 0 Å². The second-order valence-corrected chi connectivity index (χ2v) is 10.4. The molecule has 0 spiro atoms. The van der Waals surface area contributed by atoms with E-state index in [0.717, 1.165) is 44.3 Å². The maximum Gasteiger partial charge on any atom is 0.340 e. The third-order valence-electron chi connectivity index (χ3n) is 7.34. The van der Waals surface area contributed by atoms with E-state index in [4.69, 9.17) is 9.47 Å². The van der Waals surface area contributed by atoms with Crippen LogP contribution in [0.4, 0.5) is 4.39 Å². The molecule has 0 aliphatic heterocycles. The van der Waals surface area contributed by atoms with Crippen LogP contribution in [0.25, 0.3) is 11.1 Å². The van der Waals surface area contributed by atoms with E-state index in [0.29, 0.717) is 18.9 Å². The highest BCUT2D eigenvalue weighted by atomic mass is 19.1. The van der Waals surface area contributed by atoms with E-state index in [1.54, 1.807) is 0 Å². The number of esters is 1. The zero-order chi connectivity index (χ0) is 25.6. The number of carbonyl (C=O) groups is 1. The molecule has 1 aliphatic rings. The van der Waals surface area contributed by atoms with Gasteiger partial charge < -0.3 is 9.47 Å². The van der Waals surface area contributed by atoms with Crippen molar-refractivity contribution in [1.29, 1.82) is 0 Å². The van der Waals surface area contributed by atoms with Gasteiger partial charge in [-0.2, -0.15) is 0 Å². The van der Waals surface area contributed by atoms with Crippen LogP contribution < -0.4 is 4.74 Å². The minimum absolute atomic E-state index is 0.152. The topological polar surface area (TPSA) is 35.5 Å². The first-order valence-corrected chi connectivity index (χ1v) is 14.3. The van der Waals surface area contributed by atoms with Gasteiger partial charge in [-0.1, -0.05) is 88.8 Å². The molecule has 1 saturated carbocycles. The highest BCUT2D eigenvalue weighted by molar-refractivity contribution is 5.74. The number of alkyl halides is 1. The van der Waals surface area contributed by atoms with Crippen LogP contribution >= 0.6 is 0 Å². The number of rotatable bonds is 15. The molecule has 3 rings (SSSR count). The lowest BCUT2D eigenvalue weighted by atomic mass is 9.88. The zero-order valence-electron chi connectivity index (χ0n) is 22.4. The average Bonchev–Trinajstić information content (AvgIpc) is 2.92. The summed E-state index contributed by atoms with van der Waals surface area (Å²) >= 11 is 0. The Hall–Kier alpha value is -2.36. The quantitative estimate of drug-likeness (QED) is 0.182. The minimum Gasteiger partial charge on any atom is -0.493 e. The molecule has 0 amide bonds. The Labute approximate surface area is 217 Å². The summed E-state index contributed by atoms with van der Waals surface area (Å²) in [6.45, 7) is 4.91. The predicted molar refractivity (Wildman–Crippen MR) is 146 cm³/mol. The van der Waals surface area contributed by atoms with Gasteiger partial charge in [0, 0.05) is 0 Å². The molecule has 0 N–H and O–H groups in total. The molecule has 0 bridgehead atoms. The first-order valence-electron chi connectivity index (χ1n) is 14.3. The van der Waals surface area contributed by atoms with Gasteiger partial charge in [0.05, 0.1) is 6.61 Å². The summed E-state index contributed by atoms with van der Waals surface area (Å²) in [5.41, 5.74) is 3.85. The summed E-state index contributed by atoms with van der Waals surface area (Å²) in [5, 5.41) is 0. The molecular formula is C32H45FO3. The maximum atomic E-state index is 13.9. The number of unbranched alkanes of at least 4 members (excludes halogenated alkanes) is 5. The number of hydrogen-bond donors (Lipinski definition) is 0. The fourth-order valence-electron chi connectivity index (χ4n) is 4.91. The van der Waals surface area contributed by atoms with Crippen molar-refractivity contribution in [2.45, 2.75) is 110 Å². The Morgan fingerprint density at radius 3 is 2.08 bits per heavy atom. The van der Waals surface area contributed by atoms with E-state index in [1.807, 2.05) is 19.1 Å². The van der Waals surface area contributed by atoms with Crippen LogP contribution in [0.5, 0.6) is 5.75 Å². The van der Waals surface area contributed by atoms with Crippen molar-refractivity contribution in [3.8, 4) is 16.9 Å². The molecule has 3 nitrogen and oxygen atoms in total. The molecule has 1 atom stereocenters. The predicted octanol–water partition coefficient (Wildman–Crippen LogP) is 8.88. The molecule has 1 fully saturated rings. The fourth-order valence-corrected chi connectivity index (χ4v) is 4.91. The standard InChI is InChI=1S/C32H45FO3/c1-3-5-7-8-9-10-25-12-16-27(17-13-25)28-18-22-29(23-19-28)35-24-26-14-20-30(21-15-26)36-32(34)31(33)11-6-4-2/h12-13,16-19,22-23,26,30-31H,3-11,14-15,20-21,24H2,1-2H3/t26-,30-,31-/m0/s1. The van der Waals surface area contributed by atoms with Crippen molar-refractivity contribution in [2.75, 3.05) is 6.61 Å². The smallest absolute Gasteiger partial charge is 0.340 e. The number of halogens is 1. The molecule has 36 heavy (non-hydrogen) atoms. The molecular weight excluding hydrogens is 451 g/mol. The molecule has 1 aliphatic carbocycles. The average molecular weight is 497 g/mol. The van der Waals surface area contributed by atoms with Gasteiger partial charge in [-0.15, -0.1) is 0 Å². The van der Waals surface area contributed by atoms with Crippen LogP contribution in [0.1, 0.15) is 96.5 Å². The number of benzene rings is 2. The molecule has 4 heteroatoms. The van der Waals surface area contributed by atoms with Crippen molar-refractivity contribution in [1.82, 2.24) is 0 Å². The Morgan fingerprint density at radius 1 is 0.833 bits per heavy atom. The van der Waals surface area contributed by atoms with Gasteiger partial charge in [0.15, 0.2) is 6.17 Å². The van der Waals surface area contributed by atoms with E-state index < -0.39 is 12.1 Å². The molecule has 2 aromatic rings. The first-order chi connectivity index (χ1) is 17.6. The highest BCUT2D eigenvalue weighted by Crippen LogP contribution is 2.29. The molecule has 0 saturated heterocycles. The summed E-state index contributed by atoms with van der Waals surface area (Å²) in [4.78, 5) is 11.9. The lowest BCUT2D eigenvalue weighted by Gasteiger charge is -2.28. The van der Waals surface area contributed by atoms with Gasteiger partial charge in [0.2, 0.25) is 0 Å². The highest BCUT2D eigenvalue weighted by Gasteiger charge is 2.27. The second-order valence-electron chi connectivity index (χ2n) is 10.4. The van der Waals surface area contributed by atoms with Crippen LogP contribution in [0.3, 0.4) is 0 Å². The van der Waals surface area contributed by atoms with Crippen molar-refractivity contribution in [2.24, 2.45) is 5.92 Å². The van der Waals surface area contributed by atoms with Crippen LogP contribution in [-0.4, -0.2) is 24.9 Å². The maximum absolute atomic E-state index is 13.9. The lowest BCUT2D eigenvalue weighted by molar-refractivity contribution is -0.157. The van der Waals surface area contributed by atoms with Gasteiger partial charge in [-0.05, 0) is 79.7 Å². The fraction of sp³-hybridized carbons (Fsp3) is 0.594. The molecule has 0 unspecified atom stereocenters. The van der Waals surface area contributed by atoms with E-state index in [9.17, 15) is 9.18 Å². The molecule has 0 aromatic heterocycles. The van der Waals surface area contributed by atoms with E-state index in [1.165, 1.54) is 48.8 Å². The summed E-state index contributed by atoms with van der Waals surface area (Å²) in [6, 6.07) is 17.3. The van der Waals surface area contributed by atoms with E-state index >= 15 is 0 Å². The van der Waals surface area contributed by atoms with Crippen molar-refractivity contribution in [3.63, 3.8) is 0 Å². The molecule has 0 radical (unpaired) electrons. The van der Waals surface area contributed by atoms with Crippen molar-refractivity contribution in [3.05, 3.63) is 54.1 Å². The third-order valence-corrected chi connectivity index (χ3v) is 7.34. The van der Waals surface area contributed by atoms with Crippen molar-refractivity contribution < 1.29 is 18.7 Å². The Balaban J connectivity index is 1.36. The Morgan fingerprint density at radius 2 is 1.44 bits per heavy atom. The van der Waals surface area contributed by atoms with Crippen LogP contribution in [0.15, 0.2) is 48.5 Å². The monoisotopic (exact) mass is 496 g/mol. The summed E-state index contributed by atoms with van der Waals surface area (Å²) < 4.78 is 25.3. The van der Waals surface area contributed by atoms with Gasteiger partial charge in [-0.25, -0.2) is 9.18 Å². The van der Waals surface area contributed by atoms with Crippen LogP contribution in [-0.2, 0) is 16.0 Å². The Kier molecular flexibility index (Phi) is 12.3. The minimum atomic E-state index is -1.48. The van der Waals surface area contributed by atoms with Gasteiger partial charge in [-0.3, -0.25) is 0 Å². The number of ether oxygens (including phenoxy) is 2. The van der Waals surface area contributed by atoms with Gasteiger partial charge >= 0.3 is 5.97 Å². The summed E-state index contributed by atoms with van der Waals surface area (Å²) in [5.74, 6) is 0.642. The number of hydrogen-bond acceptors (Lipinski definition) is 3. The summed E-state index contributed by atoms with van der Waals surface area (Å²) in [7, 11) is 0. The van der Waals surface area contributed by atoms with Gasteiger partial charge in [0.25, 0.3) is 0 Å². The summed E-state index contributed by atoms with van der Waals surface area (Å²) in [6.07, 6.45) is 11.4. The molecule has 0 heterocycles. The van der Waals surface area contributed by atoms with E-state index in [-0.39, 0.29) is 12.5 Å². The lowest BCUT2D eigenvalue weighted by Crippen LogP contribution is -2.30. The largest absolute Gasteiger partial charge is 0.493 e. The number of carbonyl (C=O) groups excluding carboxylic acids is 1. The zero-order valence-corrected chi connectivity index (χ0v) is 22.4. The normalized spacial score (nSPS) is 18.5. The van der Waals surface area contributed by atoms with Crippen molar-refractivity contribution >= 4 is 5.97 Å². The molecule has 2 aromatic carbocycles. The first kappa shape index (κ1) is 28.2. The third kappa shape index (κ3) is 9.59. The van der Waals surface area contributed by atoms with Gasteiger partial charge in [0.1, 0.15) is 11.9 Å². The Bertz CT molecular complexity index is 869. The second kappa shape index (κ2) is 15.7. The van der Waals surface area contributed by atoms with Crippen LogP contribution in [0, 0.1) is 5.92 Å². The SMILES string of the molecule is CCCCCCCc1ccc(-c2ccc(OC[C@H]3CC[C@H](OC(=O)[C@@H](F)CCCC)CC3)cc2)cc1. The molecule has 198 valence electrons. The van der Waals surface area contributed by atoms with E-state index in [2.05, 4.69) is 43.3 Å². The number of aryl methyl sites for hydroxylation is 1.